The molecule has 0 radical (unpaired) electrons. The van der Waals surface area contributed by atoms with Gasteiger partial charge in [0.1, 0.15) is 0 Å². The van der Waals surface area contributed by atoms with Gasteiger partial charge in [0.05, 0.1) is 0 Å². The van der Waals surface area contributed by atoms with E-state index in [0.717, 1.165) is 44.7 Å². The van der Waals surface area contributed by atoms with Crippen LogP contribution in [0.1, 0.15) is 39.0 Å². The molecule has 3 fully saturated rings. The topological polar surface area (TPSA) is 46.1 Å². The molecule has 1 aliphatic carbocycles. The zero-order chi connectivity index (χ0) is 20.8. The van der Waals surface area contributed by atoms with Gasteiger partial charge in [0.15, 0.2) is 5.96 Å². The number of nitrogens with one attached hydrogen (secondary N) is 2. The molecule has 0 bridgehead atoms. The summed E-state index contributed by atoms with van der Waals surface area (Å²) in [6, 6.07) is 12.6. The quantitative estimate of drug-likeness (QED) is 0.555. The van der Waals surface area contributed by atoms with Crippen LogP contribution >= 0.6 is 0 Å². The number of likely N-dealkylation sites (tertiary alicyclic amines) is 1. The lowest BCUT2D eigenvalue weighted by Crippen LogP contribution is -2.54. The van der Waals surface area contributed by atoms with Gasteiger partial charge in [-0.25, -0.2) is 0 Å². The lowest BCUT2D eigenvalue weighted by molar-refractivity contribution is 0.197. The number of rotatable bonds is 6. The summed E-state index contributed by atoms with van der Waals surface area (Å²) in [6.07, 6.45) is 6.86. The van der Waals surface area contributed by atoms with Gasteiger partial charge in [0.2, 0.25) is 0 Å². The van der Waals surface area contributed by atoms with Crippen LogP contribution in [0.5, 0.6) is 0 Å². The Labute approximate surface area is 182 Å². The van der Waals surface area contributed by atoms with Gasteiger partial charge in [0, 0.05) is 76.7 Å². The van der Waals surface area contributed by atoms with Crippen LogP contribution in [-0.4, -0.2) is 86.7 Å². The average molecular weight is 413 g/mol. The van der Waals surface area contributed by atoms with E-state index in [-0.39, 0.29) is 0 Å². The second-order valence-corrected chi connectivity index (χ2v) is 9.22. The summed E-state index contributed by atoms with van der Waals surface area (Å²) in [5.41, 5.74) is 1.34. The first-order valence-corrected chi connectivity index (χ1v) is 12.0. The Morgan fingerprint density at radius 2 is 1.77 bits per heavy atom. The van der Waals surface area contributed by atoms with Gasteiger partial charge in [-0.3, -0.25) is 14.8 Å². The molecule has 1 aromatic carbocycles. The Morgan fingerprint density at radius 3 is 2.47 bits per heavy atom. The number of nitrogens with zero attached hydrogens (tertiary/aromatic N) is 4. The van der Waals surface area contributed by atoms with Crippen molar-refractivity contribution in [3.05, 3.63) is 30.3 Å². The second kappa shape index (κ2) is 10.5. The second-order valence-electron chi connectivity index (χ2n) is 9.22. The van der Waals surface area contributed by atoms with Crippen LogP contribution in [0.25, 0.3) is 0 Å². The fraction of sp³-hybridized carbons (Fsp3) is 0.708. The van der Waals surface area contributed by atoms with Gasteiger partial charge in [-0.1, -0.05) is 31.0 Å². The summed E-state index contributed by atoms with van der Waals surface area (Å²) in [4.78, 5) is 12.3. The molecule has 166 valence electrons. The maximum Gasteiger partial charge on any atom is 0.191 e. The van der Waals surface area contributed by atoms with Gasteiger partial charge in [0.25, 0.3) is 0 Å². The van der Waals surface area contributed by atoms with Crippen molar-refractivity contribution in [2.75, 3.05) is 57.8 Å². The number of benzene rings is 1. The van der Waals surface area contributed by atoms with E-state index in [1.165, 1.54) is 50.9 Å². The molecular weight excluding hydrogens is 372 g/mol. The number of piperazine rings is 1. The summed E-state index contributed by atoms with van der Waals surface area (Å²) in [7, 11) is 1.89. The first kappa shape index (κ1) is 21.4. The Kier molecular flexibility index (Phi) is 7.50. The van der Waals surface area contributed by atoms with Crippen LogP contribution in [0, 0.1) is 0 Å². The third-order valence-corrected chi connectivity index (χ3v) is 7.25. The SMILES string of the molecule is CN=C(NCC(C)N1CCN(c2ccccc2)CC1)NC1CCN(C2CCCC2)C1. The van der Waals surface area contributed by atoms with Crippen LogP contribution in [0.2, 0.25) is 0 Å². The van der Waals surface area contributed by atoms with Crippen LogP contribution < -0.4 is 15.5 Å². The molecule has 0 spiro atoms. The Hall–Kier alpha value is -1.79. The van der Waals surface area contributed by atoms with Crippen molar-refractivity contribution in [1.82, 2.24) is 20.4 Å². The largest absolute Gasteiger partial charge is 0.369 e. The number of aliphatic imine (C=N–C) groups is 1. The molecule has 6 heteroatoms. The molecule has 2 atom stereocenters. The Balaban J connectivity index is 1.17. The lowest BCUT2D eigenvalue weighted by atomic mass is 10.2. The van der Waals surface area contributed by atoms with Gasteiger partial charge >= 0.3 is 0 Å². The van der Waals surface area contributed by atoms with Gasteiger partial charge in [-0.2, -0.15) is 0 Å². The summed E-state index contributed by atoms with van der Waals surface area (Å²) in [5, 5.41) is 7.26. The molecule has 4 rings (SSSR count). The molecule has 30 heavy (non-hydrogen) atoms. The Morgan fingerprint density at radius 1 is 1.03 bits per heavy atom. The average Bonchev–Trinajstić information content (AvgIpc) is 3.49. The molecule has 2 saturated heterocycles. The number of anilines is 1. The molecule has 6 nitrogen and oxygen atoms in total. The van der Waals surface area contributed by atoms with E-state index >= 15 is 0 Å². The fourth-order valence-electron chi connectivity index (χ4n) is 5.33. The van der Waals surface area contributed by atoms with Crippen LogP contribution in [0.15, 0.2) is 35.3 Å². The van der Waals surface area contributed by atoms with Crippen molar-refractivity contribution in [2.45, 2.75) is 57.2 Å². The molecule has 1 saturated carbocycles. The van der Waals surface area contributed by atoms with Crippen LogP contribution in [0.4, 0.5) is 5.69 Å². The molecule has 1 aromatic rings. The molecule has 2 aliphatic heterocycles. The Bertz CT molecular complexity index is 664. The monoisotopic (exact) mass is 412 g/mol. The van der Waals surface area contributed by atoms with Crippen LogP contribution in [0.3, 0.4) is 0 Å². The van der Waals surface area contributed by atoms with Crippen molar-refractivity contribution in [3.8, 4) is 0 Å². The molecule has 2 unspecified atom stereocenters. The lowest BCUT2D eigenvalue weighted by Gasteiger charge is -2.39. The summed E-state index contributed by atoms with van der Waals surface area (Å²) in [5.74, 6) is 0.961. The van der Waals surface area contributed by atoms with E-state index in [4.69, 9.17) is 0 Å². The highest BCUT2D eigenvalue weighted by molar-refractivity contribution is 5.80. The molecule has 0 amide bonds. The third kappa shape index (κ3) is 5.46. The van der Waals surface area contributed by atoms with Crippen molar-refractivity contribution in [2.24, 2.45) is 4.99 Å². The van der Waals surface area contributed by atoms with E-state index in [2.05, 4.69) is 67.6 Å². The highest BCUT2D eigenvalue weighted by Gasteiger charge is 2.30. The minimum atomic E-state index is 0.500. The molecular formula is C24H40N6. The predicted octanol–water partition coefficient (Wildman–Crippen LogP) is 2.38. The van der Waals surface area contributed by atoms with Gasteiger partial charge in [-0.15, -0.1) is 0 Å². The van der Waals surface area contributed by atoms with Gasteiger partial charge in [-0.05, 0) is 38.3 Å². The number of hydrogen-bond acceptors (Lipinski definition) is 4. The third-order valence-electron chi connectivity index (χ3n) is 7.25. The highest BCUT2D eigenvalue weighted by Crippen LogP contribution is 2.26. The maximum atomic E-state index is 4.49. The van der Waals surface area contributed by atoms with E-state index in [9.17, 15) is 0 Å². The molecule has 2 N–H and O–H groups in total. The standard InChI is InChI=1S/C24H40N6/c1-20(28-14-16-29(17-15-28)22-8-4-3-5-9-22)18-26-24(25-2)27-21-12-13-30(19-21)23-10-6-7-11-23/h3-5,8-9,20-21,23H,6-7,10-19H2,1-2H3,(H2,25,26,27). The minimum absolute atomic E-state index is 0.500. The minimum Gasteiger partial charge on any atom is -0.369 e. The molecule has 3 aliphatic rings. The number of para-hydroxylation sites is 1. The first-order valence-electron chi connectivity index (χ1n) is 12.0. The normalized spacial score (nSPS) is 25.6. The van der Waals surface area contributed by atoms with Crippen molar-refractivity contribution in [3.63, 3.8) is 0 Å². The van der Waals surface area contributed by atoms with Gasteiger partial charge < -0.3 is 15.5 Å². The van der Waals surface area contributed by atoms with Crippen molar-refractivity contribution in [1.29, 1.82) is 0 Å². The maximum absolute atomic E-state index is 4.49. The zero-order valence-corrected chi connectivity index (χ0v) is 18.9. The molecule has 0 aromatic heterocycles. The summed E-state index contributed by atoms with van der Waals surface area (Å²) in [6.45, 7) is 10.1. The summed E-state index contributed by atoms with van der Waals surface area (Å²) < 4.78 is 0. The number of hydrogen-bond donors (Lipinski definition) is 2. The van der Waals surface area contributed by atoms with E-state index in [1.807, 2.05) is 7.05 Å². The zero-order valence-electron chi connectivity index (χ0n) is 18.9. The summed E-state index contributed by atoms with van der Waals surface area (Å²) >= 11 is 0. The van der Waals surface area contributed by atoms with Crippen molar-refractivity contribution >= 4 is 11.6 Å². The first-order chi connectivity index (χ1) is 14.7. The van der Waals surface area contributed by atoms with Crippen LogP contribution in [-0.2, 0) is 0 Å². The molecule has 2 heterocycles. The van der Waals surface area contributed by atoms with Crippen molar-refractivity contribution < 1.29 is 0 Å². The van der Waals surface area contributed by atoms with E-state index in [0.29, 0.717) is 12.1 Å². The smallest absolute Gasteiger partial charge is 0.191 e. The highest BCUT2D eigenvalue weighted by atomic mass is 15.3. The van der Waals surface area contributed by atoms with E-state index in [1.54, 1.807) is 0 Å². The fourth-order valence-corrected chi connectivity index (χ4v) is 5.33. The number of guanidine groups is 1. The van der Waals surface area contributed by atoms with E-state index < -0.39 is 0 Å². The predicted molar refractivity (Wildman–Crippen MR) is 126 cm³/mol.